The van der Waals surface area contributed by atoms with E-state index in [1.54, 1.807) is 25.2 Å². The Labute approximate surface area is 119 Å². The zero-order chi connectivity index (χ0) is 14.3. The Balaban J connectivity index is 1.83. The molecule has 4 nitrogen and oxygen atoms in total. The molecule has 0 unspecified atom stereocenters. The highest BCUT2D eigenvalue weighted by molar-refractivity contribution is 6.33. The van der Waals surface area contributed by atoms with Gasteiger partial charge in [0.15, 0.2) is 0 Å². The van der Waals surface area contributed by atoms with Crippen molar-refractivity contribution in [1.29, 1.82) is 0 Å². The third-order valence-corrected chi connectivity index (χ3v) is 3.70. The summed E-state index contributed by atoms with van der Waals surface area (Å²) < 4.78 is 30.7. The first-order valence-corrected chi connectivity index (χ1v) is 6.55. The van der Waals surface area contributed by atoms with Gasteiger partial charge in [-0.1, -0.05) is 16.8 Å². The fraction of sp³-hybridized carbons (Fsp3) is 0.385. The van der Waals surface area contributed by atoms with Gasteiger partial charge >= 0.3 is 0 Å². The summed E-state index contributed by atoms with van der Waals surface area (Å²) in [6, 6.07) is 5.26. The molecule has 20 heavy (non-hydrogen) atoms. The highest BCUT2D eigenvalue weighted by Gasteiger charge is 2.48. The molecule has 0 saturated heterocycles. The van der Waals surface area contributed by atoms with E-state index >= 15 is 0 Å². The molecule has 7 heteroatoms. The van der Waals surface area contributed by atoms with Crippen LogP contribution >= 0.6 is 11.6 Å². The van der Waals surface area contributed by atoms with Crippen molar-refractivity contribution >= 4 is 17.3 Å². The van der Waals surface area contributed by atoms with Crippen molar-refractivity contribution in [2.24, 2.45) is 0 Å². The number of aromatic nitrogens is 2. The molecule has 1 aliphatic rings. The summed E-state index contributed by atoms with van der Waals surface area (Å²) in [5.74, 6) is -2.30. The summed E-state index contributed by atoms with van der Waals surface area (Å²) in [6.45, 7) is 0. The van der Waals surface area contributed by atoms with E-state index in [4.69, 9.17) is 16.1 Å². The number of anilines is 1. The SMILES string of the molecule is CNc1cc(-c2noc(C3CC(F)(F)C3)n2)ccc1Cl. The van der Waals surface area contributed by atoms with Crippen LogP contribution in [0.1, 0.15) is 24.7 Å². The summed E-state index contributed by atoms with van der Waals surface area (Å²) in [6.07, 6.45) is -0.450. The number of nitrogens with zero attached hydrogens (tertiary/aromatic N) is 2. The lowest BCUT2D eigenvalue weighted by Gasteiger charge is -2.31. The van der Waals surface area contributed by atoms with Crippen molar-refractivity contribution in [3.8, 4) is 11.4 Å². The van der Waals surface area contributed by atoms with Crippen LogP contribution in [0.15, 0.2) is 22.7 Å². The Bertz CT molecular complexity index is 636. The second kappa shape index (κ2) is 4.70. The number of nitrogens with one attached hydrogen (secondary N) is 1. The van der Waals surface area contributed by atoms with E-state index in [1.807, 2.05) is 0 Å². The topological polar surface area (TPSA) is 51.0 Å². The summed E-state index contributed by atoms with van der Waals surface area (Å²) in [5, 5.41) is 7.37. The molecule has 0 amide bonds. The van der Waals surface area contributed by atoms with Gasteiger partial charge in [0.1, 0.15) is 0 Å². The van der Waals surface area contributed by atoms with Gasteiger partial charge in [-0.25, -0.2) is 8.78 Å². The van der Waals surface area contributed by atoms with Crippen LogP contribution in [0.2, 0.25) is 5.02 Å². The second-order valence-corrected chi connectivity index (χ2v) is 5.27. The Kier molecular flexibility index (Phi) is 3.12. The molecule has 1 aromatic carbocycles. The first kappa shape index (κ1) is 13.3. The molecule has 1 fully saturated rings. The molecule has 0 radical (unpaired) electrons. The van der Waals surface area contributed by atoms with Gasteiger partial charge in [-0.15, -0.1) is 0 Å². The van der Waals surface area contributed by atoms with Crippen LogP contribution in [-0.4, -0.2) is 23.1 Å². The monoisotopic (exact) mass is 299 g/mol. The molecule has 1 aliphatic carbocycles. The maximum Gasteiger partial charge on any atom is 0.249 e. The van der Waals surface area contributed by atoms with E-state index in [2.05, 4.69) is 15.5 Å². The Morgan fingerprint density at radius 3 is 2.80 bits per heavy atom. The zero-order valence-electron chi connectivity index (χ0n) is 10.7. The van der Waals surface area contributed by atoms with Crippen LogP contribution < -0.4 is 5.32 Å². The predicted octanol–water partition coefficient (Wildman–Crippen LogP) is 3.94. The number of benzene rings is 1. The minimum atomic E-state index is -2.60. The number of hydrogen-bond acceptors (Lipinski definition) is 4. The average Bonchev–Trinajstić information content (AvgIpc) is 2.85. The van der Waals surface area contributed by atoms with E-state index in [0.717, 1.165) is 11.3 Å². The molecular formula is C13H12ClF2N3O. The lowest BCUT2D eigenvalue weighted by atomic mass is 9.81. The first-order chi connectivity index (χ1) is 9.48. The molecule has 0 aliphatic heterocycles. The lowest BCUT2D eigenvalue weighted by molar-refractivity contribution is -0.0925. The normalized spacial score (nSPS) is 17.8. The molecule has 1 N–H and O–H groups in total. The Morgan fingerprint density at radius 2 is 2.15 bits per heavy atom. The van der Waals surface area contributed by atoms with Crippen molar-refractivity contribution in [3.63, 3.8) is 0 Å². The maximum atomic E-state index is 12.8. The summed E-state index contributed by atoms with van der Waals surface area (Å²) in [7, 11) is 1.75. The second-order valence-electron chi connectivity index (χ2n) is 4.86. The van der Waals surface area contributed by atoms with Crippen LogP contribution in [0.5, 0.6) is 0 Å². The molecule has 106 valence electrons. The Morgan fingerprint density at radius 1 is 1.40 bits per heavy atom. The quantitative estimate of drug-likeness (QED) is 0.932. The third kappa shape index (κ3) is 2.35. The van der Waals surface area contributed by atoms with E-state index in [9.17, 15) is 8.78 Å². The molecule has 0 bridgehead atoms. The average molecular weight is 300 g/mol. The smallest absolute Gasteiger partial charge is 0.249 e. The van der Waals surface area contributed by atoms with E-state index in [0.29, 0.717) is 10.8 Å². The van der Waals surface area contributed by atoms with Crippen LogP contribution in [0.25, 0.3) is 11.4 Å². The summed E-state index contributed by atoms with van der Waals surface area (Å²) in [4.78, 5) is 4.19. The highest BCUT2D eigenvalue weighted by Crippen LogP contribution is 2.47. The van der Waals surface area contributed by atoms with Crippen molar-refractivity contribution < 1.29 is 13.3 Å². The first-order valence-electron chi connectivity index (χ1n) is 6.17. The number of halogens is 3. The molecule has 3 rings (SSSR count). The van der Waals surface area contributed by atoms with Crippen LogP contribution in [-0.2, 0) is 0 Å². The summed E-state index contributed by atoms with van der Waals surface area (Å²) >= 11 is 5.99. The Hall–Kier alpha value is -1.69. The molecule has 1 saturated carbocycles. The maximum absolute atomic E-state index is 12.8. The van der Waals surface area contributed by atoms with E-state index in [1.165, 1.54) is 0 Å². The van der Waals surface area contributed by atoms with Crippen molar-refractivity contribution in [2.45, 2.75) is 24.7 Å². The van der Waals surface area contributed by atoms with Gasteiger partial charge in [0.2, 0.25) is 17.6 Å². The van der Waals surface area contributed by atoms with E-state index in [-0.39, 0.29) is 24.7 Å². The minimum Gasteiger partial charge on any atom is -0.387 e. The molecule has 0 atom stereocenters. The highest BCUT2D eigenvalue weighted by atomic mass is 35.5. The van der Waals surface area contributed by atoms with Crippen molar-refractivity contribution in [2.75, 3.05) is 12.4 Å². The van der Waals surface area contributed by atoms with Gasteiger partial charge in [-0.2, -0.15) is 4.98 Å². The fourth-order valence-electron chi connectivity index (χ4n) is 2.21. The zero-order valence-corrected chi connectivity index (χ0v) is 11.4. The number of alkyl halides is 2. The minimum absolute atomic E-state index is 0.225. The standard InChI is InChI=1S/C13H12ClF2N3O/c1-17-10-4-7(2-3-9(10)14)11-18-12(20-19-11)8-5-13(15,16)6-8/h2-4,8,17H,5-6H2,1H3. The van der Waals surface area contributed by atoms with Gasteiger partial charge in [0.25, 0.3) is 0 Å². The number of hydrogen-bond donors (Lipinski definition) is 1. The van der Waals surface area contributed by atoms with Crippen LogP contribution in [0, 0.1) is 0 Å². The molecule has 2 aromatic rings. The van der Waals surface area contributed by atoms with Crippen molar-refractivity contribution in [3.05, 3.63) is 29.1 Å². The van der Waals surface area contributed by atoms with Crippen LogP contribution in [0.4, 0.5) is 14.5 Å². The predicted molar refractivity (Wildman–Crippen MR) is 71.2 cm³/mol. The van der Waals surface area contributed by atoms with Crippen LogP contribution in [0.3, 0.4) is 0 Å². The molecule has 1 heterocycles. The summed E-state index contributed by atoms with van der Waals surface area (Å²) in [5.41, 5.74) is 1.46. The fourth-order valence-corrected chi connectivity index (χ4v) is 2.42. The third-order valence-electron chi connectivity index (χ3n) is 3.37. The van der Waals surface area contributed by atoms with Gasteiger partial charge < -0.3 is 9.84 Å². The molecule has 1 aromatic heterocycles. The molecule has 0 spiro atoms. The van der Waals surface area contributed by atoms with Gasteiger partial charge in [0, 0.05) is 31.4 Å². The largest absolute Gasteiger partial charge is 0.387 e. The van der Waals surface area contributed by atoms with Gasteiger partial charge in [0.05, 0.1) is 10.7 Å². The van der Waals surface area contributed by atoms with Crippen molar-refractivity contribution in [1.82, 2.24) is 10.1 Å². The van der Waals surface area contributed by atoms with E-state index < -0.39 is 5.92 Å². The molecular weight excluding hydrogens is 288 g/mol. The number of rotatable bonds is 3. The van der Waals surface area contributed by atoms with Gasteiger partial charge in [-0.05, 0) is 18.2 Å². The lowest BCUT2D eigenvalue weighted by Crippen LogP contribution is -2.33. The van der Waals surface area contributed by atoms with Gasteiger partial charge in [-0.3, -0.25) is 0 Å².